The van der Waals surface area contributed by atoms with Crippen LogP contribution < -0.4 is 0 Å². The highest BCUT2D eigenvalue weighted by Crippen LogP contribution is 2.48. The maximum absolute atomic E-state index is 13.7. The SMILES string of the molecule is CC1=NC2=C(C(=O)C[C@@H](c3ccc(Cl)cc3)C2)[C@H](c2ccccc2Cl)C1C(=O)OC1CCCCC1. The predicted octanol–water partition coefficient (Wildman–Crippen LogP) is 7.44. The van der Waals surface area contributed by atoms with Crippen LogP contribution in [0.1, 0.15) is 74.8 Å². The van der Waals surface area contributed by atoms with Gasteiger partial charge in [0.1, 0.15) is 12.0 Å². The van der Waals surface area contributed by atoms with Crippen LogP contribution in [0.5, 0.6) is 0 Å². The zero-order chi connectivity index (χ0) is 24.5. The first-order valence-corrected chi connectivity index (χ1v) is 13.2. The number of benzene rings is 2. The van der Waals surface area contributed by atoms with Crippen molar-refractivity contribution in [3.8, 4) is 0 Å². The number of halogens is 2. The molecule has 2 aromatic carbocycles. The number of carbonyl (C=O) groups excluding carboxylic acids is 2. The number of ketones is 1. The molecule has 2 aliphatic carbocycles. The van der Waals surface area contributed by atoms with E-state index in [0.29, 0.717) is 34.2 Å². The van der Waals surface area contributed by atoms with E-state index in [4.69, 9.17) is 32.9 Å². The second-order valence-electron chi connectivity index (χ2n) is 9.87. The second kappa shape index (κ2) is 10.3. The van der Waals surface area contributed by atoms with Gasteiger partial charge in [0.15, 0.2) is 5.78 Å². The average molecular weight is 510 g/mol. The van der Waals surface area contributed by atoms with Crippen molar-refractivity contribution in [2.75, 3.05) is 0 Å². The van der Waals surface area contributed by atoms with Crippen LogP contribution in [-0.4, -0.2) is 23.6 Å². The van der Waals surface area contributed by atoms with Crippen molar-refractivity contribution in [3.05, 3.63) is 81.0 Å². The summed E-state index contributed by atoms with van der Waals surface area (Å²) in [5.41, 5.74) is 3.89. The summed E-state index contributed by atoms with van der Waals surface area (Å²) in [6.07, 6.45) is 6.03. The van der Waals surface area contributed by atoms with Crippen LogP contribution in [0.2, 0.25) is 10.0 Å². The molecule has 182 valence electrons. The van der Waals surface area contributed by atoms with Gasteiger partial charge >= 0.3 is 5.97 Å². The molecule has 0 amide bonds. The van der Waals surface area contributed by atoms with Gasteiger partial charge in [0.05, 0.1) is 0 Å². The summed E-state index contributed by atoms with van der Waals surface area (Å²) in [6.45, 7) is 1.87. The Labute approximate surface area is 216 Å². The Morgan fingerprint density at radius 2 is 1.69 bits per heavy atom. The summed E-state index contributed by atoms with van der Waals surface area (Å²) < 4.78 is 6.00. The molecule has 0 aromatic heterocycles. The molecule has 5 rings (SSSR count). The fourth-order valence-corrected chi connectivity index (χ4v) is 6.20. The van der Waals surface area contributed by atoms with E-state index in [1.807, 2.05) is 55.5 Å². The smallest absolute Gasteiger partial charge is 0.315 e. The molecule has 4 nitrogen and oxygen atoms in total. The molecule has 3 atom stereocenters. The van der Waals surface area contributed by atoms with E-state index >= 15 is 0 Å². The number of rotatable bonds is 4. The molecule has 2 aromatic rings. The first-order valence-electron chi connectivity index (χ1n) is 12.4. The molecule has 1 unspecified atom stereocenters. The van der Waals surface area contributed by atoms with Gasteiger partial charge < -0.3 is 4.74 Å². The summed E-state index contributed by atoms with van der Waals surface area (Å²) in [4.78, 5) is 32.1. The lowest BCUT2D eigenvalue weighted by molar-refractivity contribution is -0.153. The van der Waals surface area contributed by atoms with Gasteiger partial charge in [-0.05, 0) is 74.3 Å². The van der Waals surface area contributed by atoms with Crippen molar-refractivity contribution in [1.82, 2.24) is 0 Å². The van der Waals surface area contributed by atoms with Gasteiger partial charge in [-0.15, -0.1) is 0 Å². The van der Waals surface area contributed by atoms with E-state index in [9.17, 15) is 9.59 Å². The maximum atomic E-state index is 13.7. The largest absolute Gasteiger partial charge is 0.462 e. The third-order valence-electron chi connectivity index (χ3n) is 7.56. The monoisotopic (exact) mass is 509 g/mol. The zero-order valence-electron chi connectivity index (χ0n) is 19.8. The van der Waals surface area contributed by atoms with Crippen molar-refractivity contribution in [2.24, 2.45) is 10.9 Å². The van der Waals surface area contributed by atoms with Gasteiger partial charge in [0.2, 0.25) is 0 Å². The molecule has 1 saturated carbocycles. The maximum Gasteiger partial charge on any atom is 0.315 e. The first kappa shape index (κ1) is 24.3. The highest BCUT2D eigenvalue weighted by molar-refractivity contribution is 6.31. The highest BCUT2D eigenvalue weighted by atomic mass is 35.5. The van der Waals surface area contributed by atoms with Crippen LogP contribution in [0, 0.1) is 5.92 Å². The summed E-state index contributed by atoms with van der Waals surface area (Å²) >= 11 is 12.7. The zero-order valence-corrected chi connectivity index (χ0v) is 21.3. The molecular formula is C29H29Cl2NO3. The standard InChI is InChI=1S/C29H29Cl2NO3/c1-17-26(29(34)35-21-7-3-2-4-8-21)27(22-9-5-6-10-23(22)31)28-24(32-17)15-19(16-25(28)33)18-11-13-20(30)14-12-18/h5-6,9-14,19,21,26-27H,2-4,7-8,15-16H2,1H3/t19-,26?,27+/m0/s1. The second-order valence-corrected chi connectivity index (χ2v) is 10.7. The molecule has 6 heteroatoms. The van der Waals surface area contributed by atoms with Crippen molar-refractivity contribution < 1.29 is 14.3 Å². The van der Waals surface area contributed by atoms with Gasteiger partial charge in [0, 0.05) is 39.4 Å². The molecule has 1 aliphatic heterocycles. The Kier molecular flexibility index (Phi) is 7.13. The first-order chi connectivity index (χ1) is 16.9. The number of aliphatic imine (C=N–C) groups is 1. The van der Waals surface area contributed by atoms with Crippen LogP contribution in [0.25, 0.3) is 0 Å². The summed E-state index contributed by atoms with van der Waals surface area (Å²) in [6, 6.07) is 15.1. The minimum absolute atomic E-state index is 0.0165. The summed E-state index contributed by atoms with van der Waals surface area (Å²) in [5, 5.41) is 1.21. The Balaban J connectivity index is 1.53. The molecule has 0 saturated heterocycles. The highest BCUT2D eigenvalue weighted by Gasteiger charge is 2.45. The van der Waals surface area contributed by atoms with E-state index in [1.165, 1.54) is 6.42 Å². The van der Waals surface area contributed by atoms with Crippen molar-refractivity contribution in [1.29, 1.82) is 0 Å². The predicted molar refractivity (Wildman–Crippen MR) is 139 cm³/mol. The number of esters is 1. The van der Waals surface area contributed by atoms with Gasteiger partial charge in [-0.25, -0.2) is 0 Å². The number of nitrogens with zero attached hydrogens (tertiary/aromatic N) is 1. The fraction of sp³-hybridized carbons (Fsp3) is 0.414. The Morgan fingerprint density at radius 1 is 0.971 bits per heavy atom. The number of hydrogen-bond donors (Lipinski definition) is 0. The number of allylic oxidation sites excluding steroid dienone is 2. The van der Waals surface area contributed by atoms with E-state index in [1.54, 1.807) is 0 Å². The van der Waals surface area contributed by atoms with Crippen LogP contribution in [0.4, 0.5) is 0 Å². The van der Waals surface area contributed by atoms with E-state index in [-0.39, 0.29) is 23.8 Å². The fourth-order valence-electron chi connectivity index (χ4n) is 5.82. The van der Waals surface area contributed by atoms with Crippen molar-refractivity contribution in [2.45, 2.75) is 69.8 Å². The third-order valence-corrected chi connectivity index (χ3v) is 8.16. The Bertz CT molecular complexity index is 1190. The molecule has 1 fully saturated rings. The summed E-state index contributed by atoms with van der Waals surface area (Å²) in [7, 11) is 0. The Morgan fingerprint density at radius 3 is 2.40 bits per heavy atom. The number of ether oxygens (including phenoxy) is 1. The normalized spacial score (nSPS) is 25.2. The van der Waals surface area contributed by atoms with Crippen LogP contribution in [-0.2, 0) is 14.3 Å². The third kappa shape index (κ3) is 4.96. The van der Waals surface area contributed by atoms with Gasteiger partial charge in [-0.3, -0.25) is 14.6 Å². The Hall–Kier alpha value is -2.43. The minimum atomic E-state index is -0.661. The van der Waals surface area contributed by atoms with Crippen molar-refractivity contribution >= 4 is 40.7 Å². The average Bonchev–Trinajstić information content (AvgIpc) is 2.84. The lowest BCUT2D eigenvalue weighted by Gasteiger charge is -2.37. The van der Waals surface area contributed by atoms with Crippen LogP contribution in [0.3, 0.4) is 0 Å². The van der Waals surface area contributed by atoms with Gasteiger partial charge in [0.25, 0.3) is 0 Å². The van der Waals surface area contributed by atoms with E-state index in [0.717, 1.165) is 42.5 Å². The minimum Gasteiger partial charge on any atom is -0.462 e. The lowest BCUT2D eigenvalue weighted by Crippen LogP contribution is -2.39. The topological polar surface area (TPSA) is 55.7 Å². The van der Waals surface area contributed by atoms with E-state index in [2.05, 4.69) is 0 Å². The quantitative estimate of drug-likeness (QED) is 0.402. The number of Topliss-reactive ketones (excluding diaryl/α,β-unsaturated/α-hetero) is 1. The van der Waals surface area contributed by atoms with Crippen LogP contribution >= 0.6 is 23.2 Å². The molecule has 1 heterocycles. The van der Waals surface area contributed by atoms with Crippen LogP contribution in [0.15, 0.2) is 64.8 Å². The molecule has 0 radical (unpaired) electrons. The van der Waals surface area contributed by atoms with E-state index < -0.39 is 11.8 Å². The molecule has 3 aliphatic rings. The number of hydrogen-bond acceptors (Lipinski definition) is 4. The molecular weight excluding hydrogens is 481 g/mol. The molecule has 0 spiro atoms. The molecule has 0 N–H and O–H groups in total. The lowest BCUT2D eigenvalue weighted by atomic mass is 9.69. The molecule has 35 heavy (non-hydrogen) atoms. The van der Waals surface area contributed by atoms with Gasteiger partial charge in [-0.1, -0.05) is 60.0 Å². The van der Waals surface area contributed by atoms with Gasteiger partial charge in [-0.2, -0.15) is 0 Å². The van der Waals surface area contributed by atoms with Crippen molar-refractivity contribution in [3.63, 3.8) is 0 Å². The number of carbonyl (C=O) groups is 2. The summed E-state index contributed by atoms with van der Waals surface area (Å²) in [5.74, 6) is -1.42. The molecule has 0 bridgehead atoms.